The number of likely N-dealkylation sites (tertiary alicyclic amines) is 1. The van der Waals surface area contributed by atoms with Crippen molar-refractivity contribution < 1.29 is 9.47 Å². The lowest BCUT2D eigenvalue weighted by atomic mass is 9.70. The van der Waals surface area contributed by atoms with Gasteiger partial charge in [-0.1, -0.05) is 25.6 Å². The lowest BCUT2D eigenvalue weighted by molar-refractivity contribution is 0.261. The molecule has 0 bridgehead atoms. The number of methoxy groups -OCH3 is 2. The van der Waals surface area contributed by atoms with Crippen molar-refractivity contribution >= 4 is 17.2 Å². The van der Waals surface area contributed by atoms with Crippen molar-refractivity contribution in [3.05, 3.63) is 23.3 Å². The lowest BCUT2D eigenvalue weighted by Gasteiger charge is -2.41. The summed E-state index contributed by atoms with van der Waals surface area (Å²) in [6.45, 7) is 6.82. The second-order valence-corrected chi connectivity index (χ2v) is 7.67. The lowest BCUT2D eigenvalue weighted by Crippen LogP contribution is -2.48. The van der Waals surface area contributed by atoms with Gasteiger partial charge in [-0.25, -0.2) is 0 Å². The maximum atomic E-state index is 5.61. The summed E-state index contributed by atoms with van der Waals surface area (Å²) in [5.41, 5.74) is 2.54. The van der Waals surface area contributed by atoms with Gasteiger partial charge < -0.3 is 19.7 Å². The van der Waals surface area contributed by atoms with Crippen LogP contribution in [0.5, 0.6) is 11.5 Å². The molecular formula is C20H30N2O2S. The first-order valence-electron chi connectivity index (χ1n) is 9.40. The van der Waals surface area contributed by atoms with Gasteiger partial charge >= 0.3 is 0 Å². The molecule has 2 heterocycles. The Morgan fingerprint density at radius 1 is 1.12 bits per heavy atom. The van der Waals surface area contributed by atoms with Crippen molar-refractivity contribution in [2.75, 3.05) is 40.4 Å². The molecule has 1 saturated heterocycles. The summed E-state index contributed by atoms with van der Waals surface area (Å²) in [5, 5.41) is 3.49. The van der Waals surface area contributed by atoms with E-state index in [-0.39, 0.29) is 5.41 Å². The Morgan fingerprint density at radius 3 is 2.44 bits per heavy atom. The van der Waals surface area contributed by atoms with E-state index < -0.39 is 0 Å². The summed E-state index contributed by atoms with van der Waals surface area (Å²) in [6, 6.07) is 4.21. The summed E-state index contributed by atoms with van der Waals surface area (Å²) < 4.78 is 11.1. The summed E-state index contributed by atoms with van der Waals surface area (Å²) >= 11 is 5.61. The summed E-state index contributed by atoms with van der Waals surface area (Å²) in [4.78, 5) is 3.42. The molecule has 0 spiro atoms. The zero-order chi connectivity index (χ0) is 17.9. The van der Waals surface area contributed by atoms with E-state index in [2.05, 4.69) is 23.2 Å². The molecule has 0 aromatic heterocycles. The molecule has 3 rings (SSSR count). The molecule has 1 fully saturated rings. The molecule has 4 nitrogen and oxygen atoms in total. The Bertz CT molecular complexity index is 628. The second-order valence-electron chi connectivity index (χ2n) is 7.26. The van der Waals surface area contributed by atoms with Crippen molar-refractivity contribution in [1.82, 2.24) is 10.2 Å². The van der Waals surface area contributed by atoms with E-state index in [0.29, 0.717) is 0 Å². The minimum atomic E-state index is 0.106. The van der Waals surface area contributed by atoms with Crippen LogP contribution in [0.3, 0.4) is 0 Å². The average molecular weight is 363 g/mol. The monoisotopic (exact) mass is 362 g/mol. The van der Waals surface area contributed by atoms with Gasteiger partial charge in [0.15, 0.2) is 11.5 Å². The van der Waals surface area contributed by atoms with Crippen LogP contribution in [0.4, 0.5) is 0 Å². The predicted octanol–water partition coefficient (Wildman–Crippen LogP) is 3.51. The van der Waals surface area contributed by atoms with Gasteiger partial charge in [0.1, 0.15) is 4.99 Å². The van der Waals surface area contributed by atoms with Crippen LogP contribution in [0.25, 0.3) is 0 Å². The third kappa shape index (κ3) is 3.63. The third-order valence-corrected chi connectivity index (χ3v) is 6.13. The number of fused-ring (bicyclic) bond motifs is 1. The van der Waals surface area contributed by atoms with E-state index in [9.17, 15) is 0 Å². The Labute approximate surface area is 156 Å². The average Bonchev–Trinajstić information content (AvgIpc) is 3.16. The number of thiocarbonyl (C=S) groups is 1. The van der Waals surface area contributed by atoms with Crippen LogP contribution in [0.15, 0.2) is 12.1 Å². The highest BCUT2D eigenvalue weighted by Crippen LogP contribution is 2.43. The van der Waals surface area contributed by atoms with E-state index in [0.717, 1.165) is 54.4 Å². The number of nitrogens with one attached hydrogen (secondary N) is 1. The molecule has 138 valence electrons. The molecule has 25 heavy (non-hydrogen) atoms. The Balaban J connectivity index is 1.98. The number of rotatable bonds is 7. The molecule has 0 aliphatic carbocycles. The maximum absolute atomic E-state index is 5.61. The van der Waals surface area contributed by atoms with Gasteiger partial charge in [0.25, 0.3) is 0 Å². The molecule has 1 unspecified atom stereocenters. The van der Waals surface area contributed by atoms with Gasteiger partial charge in [-0.05, 0) is 63.0 Å². The van der Waals surface area contributed by atoms with Gasteiger partial charge in [-0.15, -0.1) is 0 Å². The second kappa shape index (κ2) is 7.92. The SMILES string of the molecule is CCCC1(CCN2CCCC2)CNC(=S)c2cc(OC)c(OC)cc21. The maximum Gasteiger partial charge on any atom is 0.161 e. The number of benzene rings is 1. The fraction of sp³-hybridized carbons (Fsp3) is 0.650. The van der Waals surface area contributed by atoms with Gasteiger partial charge in [-0.3, -0.25) is 0 Å². The normalized spacial score (nSPS) is 23.2. The Morgan fingerprint density at radius 2 is 1.80 bits per heavy atom. The molecule has 1 atom stereocenters. The summed E-state index contributed by atoms with van der Waals surface area (Å²) in [6.07, 6.45) is 6.13. The van der Waals surface area contributed by atoms with Crippen LogP contribution in [0.1, 0.15) is 50.2 Å². The van der Waals surface area contributed by atoms with E-state index in [1.54, 1.807) is 14.2 Å². The van der Waals surface area contributed by atoms with Crippen LogP contribution >= 0.6 is 12.2 Å². The van der Waals surface area contributed by atoms with Gasteiger partial charge in [0, 0.05) is 17.5 Å². The first-order valence-corrected chi connectivity index (χ1v) is 9.81. The summed E-state index contributed by atoms with van der Waals surface area (Å²) in [5.74, 6) is 1.55. The van der Waals surface area contributed by atoms with Crippen LogP contribution in [-0.4, -0.2) is 50.3 Å². The van der Waals surface area contributed by atoms with Crippen LogP contribution in [0.2, 0.25) is 0 Å². The predicted molar refractivity (Wildman–Crippen MR) is 106 cm³/mol. The topological polar surface area (TPSA) is 33.7 Å². The van der Waals surface area contributed by atoms with Gasteiger partial charge in [0.2, 0.25) is 0 Å². The molecule has 0 saturated carbocycles. The standard InChI is InChI=1S/C20H30N2O2S/c1-4-7-20(8-11-22-9-5-6-10-22)14-21-19(25)15-12-17(23-2)18(24-3)13-16(15)20/h12-13H,4-11,14H2,1-3H3,(H,21,25). The number of hydrogen-bond donors (Lipinski definition) is 1. The first-order chi connectivity index (χ1) is 12.1. The quantitative estimate of drug-likeness (QED) is 0.751. The number of nitrogens with zero attached hydrogens (tertiary/aromatic N) is 1. The number of ether oxygens (including phenoxy) is 2. The van der Waals surface area contributed by atoms with Crippen molar-refractivity contribution in [3.63, 3.8) is 0 Å². The Hall–Kier alpha value is -1.33. The molecule has 5 heteroatoms. The van der Waals surface area contributed by atoms with Crippen molar-refractivity contribution in [2.24, 2.45) is 0 Å². The first kappa shape index (κ1) is 18.5. The van der Waals surface area contributed by atoms with Gasteiger partial charge in [-0.2, -0.15) is 0 Å². The van der Waals surface area contributed by atoms with Crippen LogP contribution in [0, 0.1) is 0 Å². The van der Waals surface area contributed by atoms with Crippen molar-refractivity contribution in [2.45, 2.75) is 44.4 Å². The molecule has 0 radical (unpaired) electrons. The van der Waals surface area contributed by atoms with Crippen LogP contribution < -0.4 is 14.8 Å². The smallest absolute Gasteiger partial charge is 0.161 e. The van der Waals surface area contributed by atoms with E-state index >= 15 is 0 Å². The fourth-order valence-electron chi connectivity index (χ4n) is 4.37. The zero-order valence-electron chi connectivity index (χ0n) is 15.7. The highest BCUT2D eigenvalue weighted by atomic mass is 32.1. The number of hydrogen-bond acceptors (Lipinski definition) is 4. The van der Waals surface area contributed by atoms with Crippen LogP contribution in [-0.2, 0) is 5.41 Å². The minimum absolute atomic E-state index is 0.106. The molecule has 0 amide bonds. The molecule has 2 aliphatic rings. The Kier molecular flexibility index (Phi) is 5.85. The molecule has 1 aromatic rings. The van der Waals surface area contributed by atoms with E-state index in [1.165, 1.54) is 31.5 Å². The van der Waals surface area contributed by atoms with E-state index in [4.69, 9.17) is 21.7 Å². The van der Waals surface area contributed by atoms with Gasteiger partial charge in [0.05, 0.1) is 14.2 Å². The molecular weight excluding hydrogens is 332 g/mol. The molecule has 2 aliphatic heterocycles. The van der Waals surface area contributed by atoms with E-state index in [1.807, 2.05) is 6.07 Å². The highest BCUT2D eigenvalue weighted by molar-refractivity contribution is 7.80. The zero-order valence-corrected chi connectivity index (χ0v) is 16.5. The molecule has 1 aromatic carbocycles. The largest absolute Gasteiger partial charge is 0.493 e. The summed E-state index contributed by atoms with van der Waals surface area (Å²) in [7, 11) is 3.38. The third-order valence-electron chi connectivity index (χ3n) is 5.76. The minimum Gasteiger partial charge on any atom is -0.493 e. The molecule has 1 N–H and O–H groups in total. The van der Waals surface area contributed by atoms with Crippen molar-refractivity contribution in [1.29, 1.82) is 0 Å². The fourth-order valence-corrected chi connectivity index (χ4v) is 4.61. The highest BCUT2D eigenvalue weighted by Gasteiger charge is 2.39. The van der Waals surface area contributed by atoms with Crippen molar-refractivity contribution in [3.8, 4) is 11.5 Å².